The van der Waals surface area contributed by atoms with E-state index in [0.717, 1.165) is 0 Å². The number of carbonyl (C=O) groups is 1. The Labute approximate surface area is 145 Å². The maximum Gasteiger partial charge on any atom is 0.275 e. The molecule has 0 saturated carbocycles. The molecule has 0 aliphatic carbocycles. The Balaban J connectivity index is 1.98. The number of ether oxygens (including phenoxy) is 1. The second kappa shape index (κ2) is 6.56. The van der Waals surface area contributed by atoms with Gasteiger partial charge in [0.15, 0.2) is 0 Å². The summed E-state index contributed by atoms with van der Waals surface area (Å²) in [7, 11) is -1.83. The molecule has 0 aromatic heterocycles. The Morgan fingerprint density at radius 3 is 2.52 bits per heavy atom. The van der Waals surface area contributed by atoms with Gasteiger partial charge in [0.1, 0.15) is 11.5 Å². The number of anilines is 2. The lowest BCUT2D eigenvalue weighted by Crippen LogP contribution is -2.15. The first-order valence-corrected chi connectivity index (χ1v) is 9.26. The van der Waals surface area contributed by atoms with Crippen molar-refractivity contribution in [2.45, 2.75) is 6.92 Å². The lowest BCUT2D eigenvalue weighted by Gasteiger charge is -2.07. The zero-order valence-corrected chi connectivity index (χ0v) is 14.6. The number of carbonyl (C=O) groups excluding carboxylic acids is 1. The second-order valence-electron chi connectivity index (χ2n) is 5.38. The highest BCUT2D eigenvalue weighted by Crippen LogP contribution is 2.29. The number of fused-ring (bicyclic) bond motifs is 1. The Kier molecular flexibility index (Phi) is 4.45. The summed E-state index contributed by atoms with van der Waals surface area (Å²) in [6.45, 7) is 1.55. The lowest BCUT2D eigenvalue weighted by molar-refractivity contribution is -0.110. The molecule has 0 unspecified atom stereocenters. The minimum absolute atomic E-state index is 0.0337. The molecule has 0 saturated heterocycles. The fourth-order valence-electron chi connectivity index (χ4n) is 2.37. The van der Waals surface area contributed by atoms with E-state index in [2.05, 4.69) is 15.0 Å². The van der Waals surface area contributed by atoms with E-state index in [0.29, 0.717) is 28.4 Å². The Hall–Kier alpha value is -2.87. The molecule has 0 fully saturated rings. The van der Waals surface area contributed by atoms with Gasteiger partial charge in [-0.05, 0) is 49.4 Å². The smallest absolute Gasteiger partial charge is 0.275 e. The van der Waals surface area contributed by atoms with Crippen molar-refractivity contribution >= 4 is 38.7 Å². The molecule has 1 aliphatic heterocycles. The van der Waals surface area contributed by atoms with Crippen LogP contribution in [0.15, 0.2) is 47.5 Å². The zero-order chi connectivity index (χ0) is 18.0. The van der Waals surface area contributed by atoms with Crippen molar-refractivity contribution in [3.63, 3.8) is 0 Å². The number of nitrogens with zero attached hydrogens (tertiary/aromatic N) is 1. The predicted octanol–water partition coefficient (Wildman–Crippen LogP) is 2.53. The average molecular weight is 359 g/mol. The van der Waals surface area contributed by atoms with Crippen LogP contribution in [0.5, 0.6) is 5.75 Å². The Morgan fingerprint density at radius 1 is 1.16 bits per heavy atom. The number of nitrogens with one attached hydrogen (secondary N) is 2. The molecular formula is C17H17N3O4S. The Bertz CT molecular complexity index is 950. The first-order chi connectivity index (χ1) is 11.9. The monoisotopic (exact) mass is 359 g/mol. The topological polar surface area (TPSA) is 96.9 Å². The maximum absolute atomic E-state index is 12.2. The van der Waals surface area contributed by atoms with Crippen LogP contribution in [-0.4, -0.2) is 32.9 Å². The number of hydrogen-bond acceptors (Lipinski definition) is 5. The minimum Gasteiger partial charge on any atom is -0.497 e. The molecule has 0 bridgehead atoms. The molecule has 0 spiro atoms. The van der Waals surface area contributed by atoms with E-state index in [9.17, 15) is 13.2 Å². The first-order valence-electron chi connectivity index (χ1n) is 7.61. The molecule has 1 aliphatic rings. The van der Waals surface area contributed by atoms with Crippen molar-refractivity contribution in [1.29, 1.82) is 0 Å². The number of aliphatic imine (C=N–C) groups is 1. The molecule has 130 valence electrons. The van der Waals surface area contributed by atoms with Gasteiger partial charge < -0.3 is 10.1 Å². The summed E-state index contributed by atoms with van der Waals surface area (Å²) in [6.07, 6.45) is 0. The minimum atomic E-state index is -3.40. The van der Waals surface area contributed by atoms with Crippen LogP contribution >= 0.6 is 0 Å². The van der Waals surface area contributed by atoms with E-state index in [4.69, 9.17) is 4.74 Å². The van der Waals surface area contributed by atoms with Crippen molar-refractivity contribution in [3.8, 4) is 5.75 Å². The number of benzene rings is 2. The molecule has 25 heavy (non-hydrogen) atoms. The third-order valence-electron chi connectivity index (χ3n) is 3.70. The van der Waals surface area contributed by atoms with Gasteiger partial charge in [0.25, 0.3) is 5.91 Å². The predicted molar refractivity (Wildman–Crippen MR) is 97.3 cm³/mol. The van der Waals surface area contributed by atoms with E-state index in [1.54, 1.807) is 56.5 Å². The van der Waals surface area contributed by atoms with Gasteiger partial charge in [0.05, 0.1) is 24.2 Å². The van der Waals surface area contributed by atoms with E-state index in [1.165, 1.54) is 0 Å². The van der Waals surface area contributed by atoms with E-state index in [1.807, 2.05) is 0 Å². The Morgan fingerprint density at radius 2 is 1.88 bits per heavy atom. The molecule has 2 aromatic carbocycles. The third-order valence-corrected chi connectivity index (χ3v) is 5.01. The van der Waals surface area contributed by atoms with Gasteiger partial charge in [-0.15, -0.1) is 0 Å². The fourth-order valence-corrected chi connectivity index (χ4v) is 3.00. The molecule has 8 heteroatoms. The van der Waals surface area contributed by atoms with Crippen molar-refractivity contribution in [2.75, 3.05) is 22.9 Å². The summed E-state index contributed by atoms with van der Waals surface area (Å²) in [5.41, 5.74) is 2.37. The standard InChI is InChI=1S/C17H17N3O4S/c1-3-25(22,23)20-12-6-9-15-14(10-12)16(17(21)19-15)18-11-4-7-13(24-2)8-5-11/h4-10,20H,3H2,1-2H3,(H,18,19,21). The van der Waals surface area contributed by atoms with Gasteiger partial charge in [-0.3, -0.25) is 9.52 Å². The van der Waals surface area contributed by atoms with Crippen molar-refractivity contribution in [2.24, 2.45) is 4.99 Å². The van der Waals surface area contributed by atoms with Crippen LogP contribution in [0.1, 0.15) is 12.5 Å². The van der Waals surface area contributed by atoms with Crippen LogP contribution in [-0.2, 0) is 14.8 Å². The summed E-state index contributed by atoms with van der Waals surface area (Å²) in [6, 6.07) is 11.8. The summed E-state index contributed by atoms with van der Waals surface area (Å²) < 4.78 is 31.0. The molecule has 1 heterocycles. The molecule has 0 radical (unpaired) electrons. The van der Waals surface area contributed by atoms with E-state index >= 15 is 0 Å². The fraction of sp³-hybridized carbons (Fsp3) is 0.176. The van der Waals surface area contributed by atoms with Crippen molar-refractivity contribution < 1.29 is 17.9 Å². The van der Waals surface area contributed by atoms with Crippen LogP contribution in [0, 0.1) is 0 Å². The van der Waals surface area contributed by atoms with Crippen molar-refractivity contribution in [1.82, 2.24) is 0 Å². The zero-order valence-electron chi connectivity index (χ0n) is 13.7. The number of hydrogen-bond donors (Lipinski definition) is 2. The lowest BCUT2D eigenvalue weighted by atomic mass is 10.1. The summed E-state index contributed by atoms with van der Waals surface area (Å²) in [5.74, 6) is 0.325. The summed E-state index contributed by atoms with van der Waals surface area (Å²) in [5, 5.41) is 2.72. The van der Waals surface area contributed by atoms with Gasteiger partial charge in [-0.2, -0.15) is 0 Å². The molecule has 2 aromatic rings. The number of amides is 1. The van der Waals surface area contributed by atoms with Crippen LogP contribution < -0.4 is 14.8 Å². The van der Waals surface area contributed by atoms with Crippen LogP contribution in [0.25, 0.3) is 0 Å². The molecule has 3 rings (SSSR count). The molecule has 7 nitrogen and oxygen atoms in total. The first kappa shape index (κ1) is 17.0. The van der Waals surface area contributed by atoms with Gasteiger partial charge >= 0.3 is 0 Å². The van der Waals surface area contributed by atoms with Crippen LogP contribution in [0.4, 0.5) is 17.1 Å². The van der Waals surface area contributed by atoms with Crippen LogP contribution in [0.2, 0.25) is 0 Å². The average Bonchev–Trinajstić information content (AvgIpc) is 2.90. The molecular weight excluding hydrogens is 342 g/mol. The second-order valence-corrected chi connectivity index (χ2v) is 7.39. The third kappa shape index (κ3) is 3.63. The highest BCUT2D eigenvalue weighted by molar-refractivity contribution is 7.92. The van der Waals surface area contributed by atoms with Gasteiger partial charge in [-0.1, -0.05) is 0 Å². The van der Waals surface area contributed by atoms with Gasteiger partial charge in [0.2, 0.25) is 10.0 Å². The number of sulfonamides is 1. The quantitative estimate of drug-likeness (QED) is 0.857. The largest absolute Gasteiger partial charge is 0.497 e. The molecule has 0 atom stereocenters. The van der Waals surface area contributed by atoms with Crippen molar-refractivity contribution in [3.05, 3.63) is 48.0 Å². The van der Waals surface area contributed by atoms with E-state index in [-0.39, 0.29) is 17.4 Å². The summed E-state index contributed by atoms with van der Waals surface area (Å²) >= 11 is 0. The van der Waals surface area contributed by atoms with Gasteiger partial charge in [-0.25, -0.2) is 13.4 Å². The normalized spacial score (nSPS) is 15.0. The molecule has 2 N–H and O–H groups in total. The van der Waals surface area contributed by atoms with Gasteiger partial charge in [0, 0.05) is 11.3 Å². The SMILES string of the molecule is CCS(=O)(=O)Nc1ccc2c(c1)C(=Nc1ccc(OC)cc1)C(=O)N2. The number of rotatable bonds is 5. The molecule has 1 amide bonds. The maximum atomic E-state index is 12.2. The highest BCUT2D eigenvalue weighted by Gasteiger charge is 2.26. The summed E-state index contributed by atoms with van der Waals surface area (Å²) in [4.78, 5) is 16.6. The van der Waals surface area contributed by atoms with E-state index < -0.39 is 10.0 Å². The highest BCUT2D eigenvalue weighted by atomic mass is 32.2. The van der Waals surface area contributed by atoms with Crippen LogP contribution in [0.3, 0.4) is 0 Å². The number of methoxy groups -OCH3 is 1.